The minimum atomic E-state index is -0.776. The van der Waals surface area contributed by atoms with E-state index in [1.165, 1.54) is 7.11 Å². The van der Waals surface area contributed by atoms with Gasteiger partial charge >= 0.3 is 0 Å². The van der Waals surface area contributed by atoms with Gasteiger partial charge in [-0.3, -0.25) is 0 Å². The van der Waals surface area contributed by atoms with Gasteiger partial charge in [-0.05, 0) is 29.8 Å². The number of aliphatic hydroxyl groups excluding tert-OH is 1. The lowest BCUT2D eigenvalue weighted by atomic mass is 10.1. The highest BCUT2D eigenvalue weighted by atomic mass is 16.5. The predicted octanol–water partition coefficient (Wildman–Crippen LogP) is 2.26. The van der Waals surface area contributed by atoms with E-state index in [0.717, 1.165) is 0 Å². The van der Waals surface area contributed by atoms with Crippen LogP contribution in [0.15, 0.2) is 42.5 Å². The van der Waals surface area contributed by atoms with Crippen LogP contribution in [0.4, 0.5) is 5.69 Å². The summed E-state index contributed by atoms with van der Waals surface area (Å²) in [7, 11) is 1.52. The van der Waals surface area contributed by atoms with Crippen LogP contribution < -0.4 is 15.2 Å². The van der Waals surface area contributed by atoms with Crippen molar-refractivity contribution in [2.45, 2.75) is 6.10 Å². The number of anilines is 1. The van der Waals surface area contributed by atoms with E-state index >= 15 is 0 Å². The van der Waals surface area contributed by atoms with Crippen LogP contribution in [0, 0.1) is 11.3 Å². The summed E-state index contributed by atoms with van der Waals surface area (Å²) in [5.41, 5.74) is 7.39. The van der Waals surface area contributed by atoms with Gasteiger partial charge < -0.3 is 20.3 Å². The van der Waals surface area contributed by atoms with Crippen LogP contribution in [-0.4, -0.2) is 18.8 Å². The number of aliphatic hydroxyl groups is 1. The number of hydrogen-bond donors (Lipinski definition) is 2. The normalized spacial score (nSPS) is 11.5. The molecule has 0 saturated carbocycles. The highest BCUT2D eigenvalue weighted by molar-refractivity contribution is 5.44. The second kappa shape index (κ2) is 6.64. The number of methoxy groups -OCH3 is 1. The summed E-state index contributed by atoms with van der Waals surface area (Å²) in [6.07, 6.45) is -0.776. The minimum Gasteiger partial charge on any atom is -0.497 e. The van der Waals surface area contributed by atoms with E-state index in [1.54, 1.807) is 42.5 Å². The Balaban J connectivity index is 2.05. The molecule has 21 heavy (non-hydrogen) atoms. The maximum Gasteiger partial charge on any atom is 0.124 e. The first-order valence-corrected chi connectivity index (χ1v) is 6.38. The third kappa shape index (κ3) is 3.88. The summed E-state index contributed by atoms with van der Waals surface area (Å²) in [5.74, 6) is 1.01. The molecule has 0 aliphatic heterocycles. The van der Waals surface area contributed by atoms with Crippen LogP contribution in [0.5, 0.6) is 11.5 Å². The molecule has 1 atom stereocenters. The number of nitriles is 1. The molecule has 0 saturated heterocycles. The van der Waals surface area contributed by atoms with Gasteiger partial charge in [0.1, 0.15) is 24.2 Å². The highest BCUT2D eigenvalue weighted by Crippen LogP contribution is 2.24. The van der Waals surface area contributed by atoms with E-state index in [4.69, 9.17) is 20.5 Å². The number of nitrogen functional groups attached to an aromatic ring is 1. The summed E-state index contributed by atoms with van der Waals surface area (Å²) in [4.78, 5) is 0. The topological polar surface area (TPSA) is 88.5 Å². The zero-order valence-electron chi connectivity index (χ0n) is 11.6. The zero-order chi connectivity index (χ0) is 15.2. The molecule has 2 aromatic rings. The molecular weight excluding hydrogens is 268 g/mol. The molecule has 0 fully saturated rings. The van der Waals surface area contributed by atoms with Crippen molar-refractivity contribution in [2.75, 3.05) is 19.5 Å². The second-order valence-electron chi connectivity index (χ2n) is 4.50. The standard InChI is InChI=1S/C16H16N2O3/c1-20-14-6-11(9-17)7-15(8-14)21-10-16(19)12-2-4-13(18)5-3-12/h2-8,16,19H,10,18H2,1H3. The van der Waals surface area contributed by atoms with Crippen molar-refractivity contribution in [3.8, 4) is 17.6 Å². The second-order valence-corrected chi connectivity index (χ2v) is 4.50. The summed E-state index contributed by atoms with van der Waals surface area (Å²) < 4.78 is 10.6. The molecule has 2 aromatic carbocycles. The lowest BCUT2D eigenvalue weighted by Gasteiger charge is -2.13. The minimum absolute atomic E-state index is 0.0714. The van der Waals surface area contributed by atoms with E-state index in [2.05, 4.69) is 0 Å². The Kier molecular flexibility index (Phi) is 4.64. The molecule has 0 aromatic heterocycles. The summed E-state index contributed by atoms with van der Waals surface area (Å²) in [6, 6.07) is 13.8. The molecule has 0 aliphatic carbocycles. The molecule has 3 N–H and O–H groups in total. The molecule has 0 bridgehead atoms. The van der Waals surface area contributed by atoms with E-state index in [0.29, 0.717) is 28.3 Å². The monoisotopic (exact) mass is 284 g/mol. The molecule has 5 heteroatoms. The highest BCUT2D eigenvalue weighted by Gasteiger charge is 2.09. The molecule has 0 heterocycles. The number of nitrogens with two attached hydrogens (primary N) is 1. The van der Waals surface area contributed by atoms with Crippen molar-refractivity contribution in [3.05, 3.63) is 53.6 Å². The van der Waals surface area contributed by atoms with Gasteiger partial charge in [0.15, 0.2) is 0 Å². The maximum atomic E-state index is 10.1. The number of nitrogens with zero attached hydrogens (tertiary/aromatic N) is 1. The number of benzene rings is 2. The van der Waals surface area contributed by atoms with Gasteiger partial charge in [0.2, 0.25) is 0 Å². The van der Waals surface area contributed by atoms with Crippen molar-refractivity contribution >= 4 is 5.69 Å². The lowest BCUT2D eigenvalue weighted by Crippen LogP contribution is -2.09. The Hall–Kier alpha value is -2.71. The molecule has 0 amide bonds. The first kappa shape index (κ1) is 14.7. The molecule has 0 spiro atoms. The van der Waals surface area contributed by atoms with Crippen LogP contribution in [0.1, 0.15) is 17.2 Å². The Morgan fingerprint density at radius 3 is 2.48 bits per heavy atom. The fourth-order valence-electron chi connectivity index (χ4n) is 1.83. The van der Waals surface area contributed by atoms with Crippen LogP contribution in [0.25, 0.3) is 0 Å². The van der Waals surface area contributed by atoms with Crippen molar-refractivity contribution in [3.63, 3.8) is 0 Å². The lowest BCUT2D eigenvalue weighted by molar-refractivity contribution is 0.108. The molecule has 1 unspecified atom stereocenters. The largest absolute Gasteiger partial charge is 0.497 e. The Bertz CT molecular complexity index is 648. The summed E-state index contributed by atoms with van der Waals surface area (Å²) >= 11 is 0. The Morgan fingerprint density at radius 2 is 1.86 bits per heavy atom. The van der Waals surface area contributed by atoms with Gasteiger partial charge in [-0.15, -0.1) is 0 Å². The van der Waals surface area contributed by atoms with Crippen LogP contribution in [0.3, 0.4) is 0 Å². The zero-order valence-corrected chi connectivity index (χ0v) is 11.6. The van der Waals surface area contributed by atoms with Crippen LogP contribution in [0.2, 0.25) is 0 Å². The average Bonchev–Trinajstić information content (AvgIpc) is 2.52. The van der Waals surface area contributed by atoms with Crippen molar-refractivity contribution in [1.29, 1.82) is 5.26 Å². The van der Waals surface area contributed by atoms with Crippen LogP contribution >= 0.6 is 0 Å². The van der Waals surface area contributed by atoms with Crippen molar-refractivity contribution in [2.24, 2.45) is 0 Å². The summed E-state index contributed by atoms with van der Waals surface area (Å²) in [5, 5.41) is 19.0. The number of rotatable bonds is 5. The van der Waals surface area contributed by atoms with Crippen molar-refractivity contribution in [1.82, 2.24) is 0 Å². The number of ether oxygens (including phenoxy) is 2. The van der Waals surface area contributed by atoms with E-state index in [-0.39, 0.29) is 6.61 Å². The number of hydrogen-bond acceptors (Lipinski definition) is 5. The molecule has 108 valence electrons. The Morgan fingerprint density at radius 1 is 1.19 bits per heavy atom. The Labute approximate surface area is 123 Å². The van der Waals surface area contributed by atoms with Gasteiger partial charge in [-0.25, -0.2) is 0 Å². The quantitative estimate of drug-likeness (QED) is 0.822. The molecule has 0 radical (unpaired) electrons. The fourth-order valence-corrected chi connectivity index (χ4v) is 1.83. The van der Waals surface area contributed by atoms with E-state index in [9.17, 15) is 5.11 Å². The SMILES string of the molecule is COc1cc(C#N)cc(OCC(O)c2ccc(N)cc2)c1. The summed E-state index contributed by atoms with van der Waals surface area (Å²) in [6.45, 7) is 0.0714. The third-order valence-electron chi connectivity index (χ3n) is 2.97. The van der Waals surface area contributed by atoms with Crippen molar-refractivity contribution < 1.29 is 14.6 Å². The first-order valence-electron chi connectivity index (χ1n) is 6.38. The molecule has 2 rings (SSSR count). The fraction of sp³-hybridized carbons (Fsp3) is 0.188. The third-order valence-corrected chi connectivity index (χ3v) is 2.97. The predicted molar refractivity (Wildman–Crippen MR) is 79.0 cm³/mol. The molecular formula is C16H16N2O3. The van der Waals surface area contributed by atoms with E-state index in [1.807, 2.05) is 6.07 Å². The van der Waals surface area contributed by atoms with Gasteiger partial charge in [-0.2, -0.15) is 5.26 Å². The smallest absolute Gasteiger partial charge is 0.124 e. The van der Waals surface area contributed by atoms with E-state index < -0.39 is 6.10 Å². The molecule has 5 nitrogen and oxygen atoms in total. The maximum absolute atomic E-state index is 10.1. The first-order chi connectivity index (χ1) is 10.1. The molecule has 0 aliphatic rings. The van der Waals surface area contributed by atoms with Crippen LogP contribution in [-0.2, 0) is 0 Å². The van der Waals surface area contributed by atoms with Gasteiger partial charge in [0, 0.05) is 11.8 Å². The van der Waals surface area contributed by atoms with Gasteiger partial charge in [-0.1, -0.05) is 12.1 Å². The van der Waals surface area contributed by atoms with Gasteiger partial charge in [0.25, 0.3) is 0 Å². The van der Waals surface area contributed by atoms with Gasteiger partial charge in [0.05, 0.1) is 18.7 Å². The average molecular weight is 284 g/mol.